The summed E-state index contributed by atoms with van der Waals surface area (Å²) in [5, 5.41) is 6.14. The lowest BCUT2D eigenvalue weighted by atomic mass is 10.4. The number of hydrogen-bond acceptors (Lipinski definition) is 2. The lowest BCUT2D eigenvalue weighted by Gasteiger charge is -2.29. The molecule has 0 amide bonds. The second-order valence-corrected chi connectivity index (χ2v) is 15.7. The Balaban J connectivity index is 1.97. The van der Waals surface area contributed by atoms with E-state index in [4.69, 9.17) is 0 Å². The van der Waals surface area contributed by atoms with E-state index < -0.39 is 8.07 Å². The summed E-state index contributed by atoms with van der Waals surface area (Å²) in [6.45, 7) is 0. The Kier molecular flexibility index (Phi) is 4.20. The van der Waals surface area contributed by atoms with Gasteiger partial charge in [-0.25, -0.2) is 0 Å². The van der Waals surface area contributed by atoms with Gasteiger partial charge in [0.15, 0.2) is 8.07 Å². The first-order valence-electron chi connectivity index (χ1n) is 7.92. The molecular weight excluding hydrogens is 586 g/mol. The van der Waals surface area contributed by atoms with Crippen LogP contribution in [0.4, 0.5) is 0 Å². The summed E-state index contributed by atoms with van der Waals surface area (Å²) >= 11 is 8.88. The molecule has 0 saturated carbocycles. The summed E-state index contributed by atoms with van der Waals surface area (Å²) in [6.07, 6.45) is 0. The first kappa shape index (κ1) is 16.7. The number of halogens is 2. The van der Waals surface area contributed by atoms with E-state index in [1.165, 1.54) is 25.9 Å². The molecular formula is C20H12I2S2Si. The number of thiophene rings is 2. The molecule has 0 bridgehead atoms. The fourth-order valence-corrected chi connectivity index (χ4v) is 14.7. The maximum atomic E-state index is 2.49. The second-order valence-electron chi connectivity index (χ2n) is 6.07. The average molecular weight is 598 g/mol. The smallest absolute Gasteiger partial charge is 0.128 e. The van der Waals surface area contributed by atoms with Gasteiger partial charge in [0.25, 0.3) is 0 Å². The molecule has 0 nitrogen and oxygen atoms in total. The van der Waals surface area contributed by atoms with Crippen molar-refractivity contribution in [1.82, 2.24) is 0 Å². The quantitative estimate of drug-likeness (QED) is 0.209. The number of rotatable bonds is 2. The van der Waals surface area contributed by atoms with Crippen LogP contribution in [0.25, 0.3) is 9.75 Å². The monoisotopic (exact) mass is 598 g/mol. The van der Waals surface area contributed by atoms with E-state index >= 15 is 0 Å². The van der Waals surface area contributed by atoms with E-state index in [0.29, 0.717) is 0 Å². The van der Waals surface area contributed by atoms with Crippen LogP contribution in [0.1, 0.15) is 0 Å². The van der Waals surface area contributed by atoms with Crippen LogP contribution >= 0.6 is 67.9 Å². The Labute approximate surface area is 183 Å². The molecule has 1 aliphatic heterocycles. The minimum atomic E-state index is -2.17. The third kappa shape index (κ3) is 2.39. The molecule has 0 radical (unpaired) electrons. The van der Waals surface area contributed by atoms with Crippen molar-refractivity contribution in [2.75, 3.05) is 0 Å². The van der Waals surface area contributed by atoms with Crippen molar-refractivity contribution >= 4 is 96.7 Å². The highest BCUT2D eigenvalue weighted by molar-refractivity contribution is 14.1. The van der Waals surface area contributed by atoms with Crippen molar-refractivity contribution in [2.45, 2.75) is 0 Å². The average Bonchev–Trinajstić information content (AvgIpc) is 3.26. The topological polar surface area (TPSA) is 0 Å². The van der Waals surface area contributed by atoms with Gasteiger partial charge in [-0.05, 0) is 78.1 Å². The first-order chi connectivity index (χ1) is 12.2. The summed E-state index contributed by atoms with van der Waals surface area (Å²) in [4.78, 5) is 3.01. The largest absolute Gasteiger partial charge is 0.182 e. The Morgan fingerprint density at radius 2 is 1.00 bits per heavy atom. The molecule has 2 aromatic carbocycles. The van der Waals surface area contributed by atoms with Gasteiger partial charge in [0.2, 0.25) is 0 Å². The highest BCUT2D eigenvalue weighted by Gasteiger charge is 2.50. The number of benzene rings is 2. The van der Waals surface area contributed by atoms with Crippen LogP contribution in [0, 0.1) is 5.77 Å². The van der Waals surface area contributed by atoms with E-state index in [2.05, 4.69) is 118 Å². The molecule has 4 aromatic rings. The lowest BCUT2D eigenvalue weighted by molar-refractivity contribution is 1.71. The van der Waals surface area contributed by atoms with E-state index in [1.54, 1.807) is 10.4 Å². The molecule has 5 rings (SSSR count). The van der Waals surface area contributed by atoms with Gasteiger partial charge in [0, 0.05) is 9.75 Å². The van der Waals surface area contributed by atoms with Crippen molar-refractivity contribution in [1.29, 1.82) is 0 Å². The van der Waals surface area contributed by atoms with E-state index in [-0.39, 0.29) is 0 Å². The van der Waals surface area contributed by atoms with Crippen LogP contribution in [0.5, 0.6) is 0 Å². The first-order valence-corrected chi connectivity index (χ1v) is 13.7. The van der Waals surface area contributed by atoms with Gasteiger partial charge in [0.05, 0.1) is 5.77 Å². The fourth-order valence-electron chi connectivity index (χ4n) is 3.93. The van der Waals surface area contributed by atoms with Crippen LogP contribution in [-0.4, -0.2) is 8.07 Å². The third-order valence-corrected chi connectivity index (χ3v) is 14.0. The van der Waals surface area contributed by atoms with Gasteiger partial charge in [-0.2, -0.15) is 0 Å². The van der Waals surface area contributed by atoms with Crippen molar-refractivity contribution in [3.63, 3.8) is 0 Å². The maximum Gasteiger partial charge on any atom is 0.182 e. The van der Waals surface area contributed by atoms with Gasteiger partial charge < -0.3 is 0 Å². The summed E-state index contributed by atoms with van der Waals surface area (Å²) in [5.74, 6) is 0. The van der Waals surface area contributed by atoms with E-state index in [0.717, 1.165) is 0 Å². The zero-order valence-electron chi connectivity index (χ0n) is 13.0. The van der Waals surface area contributed by atoms with Gasteiger partial charge in [-0.3, -0.25) is 0 Å². The summed E-state index contributed by atoms with van der Waals surface area (Å²) < 4.78 is 2.78. The highest BCUT2D eigenvalue weighted by atomic mass is 127. The second kappa shape index (κ2) is 6.30. The molecule has 122 valence electrons. The van der Waals surface area contributed by atoms with Crippen LogP contribution in [0.15, 0.2) is 72.8 Å². The van der Waals surface area contributed by atoms with Crippen LogP contribution in [-0.2, 0) is 0 Å². The minimum Gasteiger partial charge on any atom is -0.128 e. The van der Waals surface area contributed by atoms with Crippen molar-refractivity contribution in [3.05, 3.63) is 78.6 Å². The molecule has 0 spiro atoms. The zero-order valence-corrected chi connectivity index (χ0v) is 19.9. The molecule has 0 fully saturated rings. The number of fused-ring (bicyclic) bond motifs is 3. The van der Waals surface area contributed by atoms with Crippen LogP contribution in [0.3, 0.4) is 0 Å². The molecule has 2 aromatic heterocycles. The molecule has 0 atom stereocenters. The van der Waals surface area contributed by atoms with Gasteiger partial charge in [-0.1, -0.05) is 60.7 Å². The maximum absolute atomic E-state index is 2.49. The lowest BCUT2D eigenvalue weighted by Crippen LogP contribution is -2.72. The van der Waals surface area contributed by atoms with E-state index in [9.17, 15) is 0 Å². The van der Waals surface area contributed by atoms with Crippen molar-refractivity contribution < 1.29 is 0 Å². The molecule has 0 unspecified atom stereocenters. The molecule has 0 N–H and O–H groups in total. The molecule has 3 heterocycles. The molecule has 25 heavy (non-hydrogen) atoms. The predicted octanol–water partition coefficient (Wildman–Crippen LogP) is 4.38. The Bertz CT molecular complexity index is 980. The standard InChI is InChI=1S/C20H12I2S2Si/c21-17-11-15-19(23-17)20-16(12-18(22)24-20)25(15,13-7-3-1-4-8-13)14-9-5-2-6-10-14/h1-12H. The normalized spacial score (nSPS) is 14.3. The van der Waals surface area contributed by atoms with E-state index in [1.807, 2.05) is 22.7 Å². The van der Waals surface area contributed by atoms with Gasteiger partial charge in [0.1, 0.15) is 0 Å². The third-order valence-electron chi connectivity index (χ3n) is 4.83. The van der Waals surface area contributed by atoms with Crippen LogP contribution in [0.2, 0.25) is 0 Å². The summed E-state index contributed by atoms with van der Waals surface area (Å²) in [6, 6.07) is 27.3. The van der Waals surface area contributed by atoms with Crippen molar-refractivity contribution in [3.8, 4) is 9.75 Å². The summed E-state index contributed by atoms with van der Waals surface area (Å²) in [7, 11) is -2.17. The molecule has 0 saturated heterocycles. The predicted molar refractivity (Wildman–Crippen MR) is 130 cm³/mol. The summed E-state index contributed by atoms with van der Waals surface area (Å²) in [5.41, 5.74) is 0. The Hall–Kier alpha value is -0.483. The molecule has 0 aliphatic carbocycles. The van der Waals surface area contributed by atoms with Gasteiger partial charge >= 0.3 is 0 Å². The zero-order chi connectivity index (χ0) is 17.0. The molecule has 1 aliphatic rings. The SMILES string of the molecule is Ic1cc2c(s1)-c1sc(I)cc1[Si]2(c1ccccc1)c1ccccc1. The van der Waals surface area contributed by atoms with Gasteiger partial charge in [-0.15, -0.1) is 22.7 Å². The van der Waals surface area contributed by atoms with Crippen molar-refractivity contribution in [2.24, 2.45) is 0 Å². The minimum absolute atomic E-state index is 1.39. The van der Waals surface area contributed by atoms with Crippen LogP contribution < -0.4 is 20.7 Å². The Morgan fingerprint density at radius 1 is 0.600 bits per heavy atom. The number of hydrogen-bond donors (Lipinski definition) is 0. The molecule has 5 heteroatoms. The fraction of sp³-hybridized carbons (Fsp3) is 0. The highest BCUT2D eigenvalue weighted by Crippen LogP contribution is 2.39. The Morgan fingerprint density at radius 3 is 1.40 bits per heavy atom.